The van der Waals surface area contributed by atoms with Gasteiger partial charge in [-0.05, 0) is 73.5 Å². The molecule has 3 heteroatoms. The second-order valence-electron chi connectivity index (χ2n) is 7.52. The lowest BCUT2D eigenvalue weighted by Crippen LogP contribution is -2.46. The Labute approximate surface area is 162 Å². The summed E-state index contributed by atoms with van der Waals surface area (Å²) in [5, 5.41) is 9.34. The number of hydrogen-bond donors (Lipinski definition) is 1. The Kier molecular flexibility index (Phi) is 9.84. The van der Waals surface area contributed by atoms with E-state index in [1.54, 1.807) is 0 Å². The minimum Gasteiger partial charge on any atom is -0.411 e. The van der Waals surface area contributed by atoms with Crippen molar-refractivity contribution in [1.29, 1.82) is 0 Å². The van der Waals surface area contributed by atoms with Gasteiger partial charge in [0.25, 0.3) is 0 Å². The number of aliphatic hydroxyl groups excluding tert-OH is 1. The van der Waals surface area contributed by atoms with Crippen molar-refractivity contribution in [2.45, 2.75) is 97.6 Å². The fraction of sp³-hybridized carbons (Fsp3) is 0.652. The predicted molar refractivity (Wildman–Crippen MR) is 117 cm³/mol. The number of benzene rings is 1. The van der Waals surface area contributed by atoms with Gasteiger partial charge in [-0.1, -0.05) is 58.9 Å². The standard InChI is InChI=1S/C23H40O2Si/c1-7-23(8-2,25-26(9-3,10-4)11-5)17-13-14-20(6)22-16-12-15-21(18-22)19-24/h12,14-16,18,24H,7-11,13,17,19H2,1-6H3. The first-order chi connectivity index (χ1) is 12.4. The number of aliphatic hydroxyl groups is 1. The summed E-state index contributed by atoms with van der Waals surface area (Å²) in [6, 6.07) is 11.8. The number of allylic oxidation sites excluding steroid dienone is 2. The first kappa shape index (κ1) is 23.1. The Morgan fingerprint density at radius 2 is 1.69 bits per heavy atom. The van der Waals surface area contributed by atoms with Crippen LogP contribution in [0.4, 0.5) is 0 Å². The molecule has 0 heterocycles. The highest BCUT2D eigenvalue weighted by molar-refractivity contribution is 6.73. The molecule has 148 valence electrons. The van der Waals surface area contributed by atoms with Crippen molar-refractivity contribution in [3.8, 4) is 0 Å². The molecule has 0 aliphatic rings. The van der Waals surface area contributed by atoms with E-state index in [0.29, 0.717) is 0 Å². The largest absolute Gasteiger partial charge is 0.411 e. The van der Waals surface area contributed by atoms with Crippen molar-refractivity contribution < 1.29 is 9.53 Å². The van der Waals surface area contributed by atoms with Crippen molar-refractivity contribution in [1.82, 2.24) is 0 Å². The van der Waals surface area contributed by atoms with Crippen LogP contribution >= 0.6 is 0 Å². The lowest BCUT2D eigenvalue weighted by Gasteiger charge is -2.42. The van der Waals surface area contributed by atoms with Crippen LogP contribution in [0, 0.1) is 0 Å². The lowest BCUT2D eigenvalue weighted by molar-refractivity contribution is 0.0397. The van der Waals surface area contributed by atoms with Crippen LogP contribution < -0.4 is 0 Å². The van der Waals surface area contributed by atoms with Gasteiger partial charge in [0.2, 0.25) is 0 Å². The van der Waals surface area contributed by atoms with Crippen molar-refractivity contribution in [2.24, 2.45) is 0 Å². The molecule has 0 atom stereocenters. The summed E-state index contributed by atoms with van der Waals surface area (Å²) in [4.78, 5) is 0. The summed E-state index contributed by atoms with van der Waals surface area (Å²) >= 11 is 0. The Morgan fingerprint density at radius 1 is 1.08 bits per heavy atom. The van der Waals surface area contributed by atoms with Crippen LogP contribution in [0.2, 0.25) is 18.1 Å². The van der Waals surface area contributed by atoms with Gasteiger partial charge in [-0.25, -0.2) is 0 Å². The van der Waals surface area contributed by atoms with E-state index in [4.69, 9.17) is 4.43 Å². The molecule has 0 unspecified atom stereocenters. The van der Waals surface area contributed by atoms with Crippen LogP contribution in [0.5, 0.6) is 0 Å². The zero-order valence-electron chi connectivity index (χ0n) is 17.9. The summed E-state index contributed by atoms with van der Waals surface area (Å²) in [7, 11) is -1.60. The summed E-state index contributed by atoms with van der Waals surface area (Å²) in [6.45, 7) is 13.8. The summed E-state index contributed by atoms with van der Waals surface area (Å²) in [5.41, 5.74) is 3.49. The van der Waals surface area contributed by atoms with E-state index < -0.39 is 8.32 Å². The maximum absolute atomic E-state index is 9.34. The van der Waals surface area contributed by atoms with Gasteiger partial charge in [-0.15, -0.1) is 0 Å². The molecule has 1 N–H and O–H groups in total. The highest BCUT2D eigenvalue weighted by atomic mass is 28.4. The second-order valence-corrected chi connectivity index (χ2v) is 12.2. The molecule has 0 saturated heterocycles. The highest BCUT2D eigenvalue weighted by Crippen LogP contribution is 2.35. The summed E-state index contributed by atoms with van der Waals surface area (Å²) in [6.07, 6.45) is 6.65. The maximum Gasteiger partial charge on any atom is 0.192 e. The van der Waals surface area contributed by atoms with Crippen molar-refractivity contribution in [3.05, 3.63) is 41.5 Å². The summed E-state index contributed by atoms with van der Waals surface area (Å²) < 4.78 is 6.97. The smallest absolute Gasteiger partial charge is 0.192 e. The molecular weight excluding hydrogens is 336 g/mol. The van der Waals surface area contributed by atoms with E-state index in [-0.39, 0.29) is 12.2 Å². The number of rotatable bonds is 12. The molecular formula is C23H40O2Si. The third-order valence-electron chi connectivity index (χ3n) is 6.27. The quantitative estimate of drug-likeness (QED) is 0.400. The van der Waals surface area contributed by atoms with Gasteiger partial charge >= 0.3 is 0 Å². The van der Waals surface area contributed by atoms with E-state index >= 15 is 0 Å². The van der Waals surface area contributed by atoms with Crippen LogP contribution in [0.1, 0.15) is 78.4 Å². The zero-order chi connectivity index (χ0) is 19.6. The molecule has 0 radical (unpaired) electrons. The van der Waals surface area contributed by atoms with Crippen molar-refractivity contribution in [2.75, 3.05) is 0 Å². The molecule has 1 aromatic rings. The Morgan fingerprint density at radius 3 is 2.19 bits per heavy atom. The van der Waals surface area contributed by atoms with Gasteiger partial charge in [0.15, 0.2) is 8.32 Å². The van der Waals surface area contributed by atoms with E-state index in [2.05, 4.69) is 59.8 Å². The van der Waals surface area contributed by atoms with E-state index in [1.807, 2.05) is 12.1 Å². The van der Waals surface area contributed by atoms with Crippen molar-refractivity contribution >= 4 is 13.9 Å². The molecule has 0 bridgehead atoms. The topological polar surface area (TPSA) is 29.5 Å². The molecule has 0 aliphatic heterocycles. The Bertz CT molecular complexity index is 549. The lowest BCUT2D eigenvalue weighted by atomic mass is 9.91. The molecule has 0 saturated carbocycles. The minimum absolute atomic E-state index is 0.0258. The third-order valence-corrected chi connectivity index (χ3v) is 11.0. The first-order valence-electron chi connectivity index (χ1n) is 10.5. The van der Waals surface area contributed by atoms with Crippen LogP contribution in [-0.4, -0.2) is 19.0 Å². The van der Waals surface area contributed by atoms with Gasteiger partial charge in [0.1, 0.15) is 0 Å². The number of hydrogen-bond acceptors (Lipinski definition) is 2. The van der Waals surface area contributed by atoms with Crippen molar-refractivity contribution in [3.63, 3.8) is 0 Å². The van der Waals surface area contributed by atoms with Gasteiger partial charge < -0.3 is 9.53 Å². The minimum atomic E-state index is -1.60. The maximum atomic E-state index is 9.34. The molecule has 0 amide bonds. The van der Waals surface area contributed by atoms with Crippen LogP contribution in [-0.2, 0) is 11.0 Å². The van der Waals surface area contributed by atoms with Crippen LogP contribution in [0.3, 0.4) is 0 Å². The zero-order valence-corrected chi connectivity index (χ0v) is 18.9. The van der Waals surface area contributed by atoms with E-state index in [1.165, 1.54) is 29.3 Å². The molecule has 0 aromatic heterocycles. The molecule has 2 nitrogen and oxygen atoms in total. The predicted octanol–water partition coefficient (Wildman–Crippen LogP) is 6.94. The van der Waals surface area contributed by atoms with Gasteiger partial charge in [-0.3, -0.25) is 0 Å². The SMILES string of the molecule is CCC(CC)(CCC=C(C)c1cccc(CO)c1)O[Si](CC)(CC)CC. The fourth-order valence-electron chi connectivity index (χ4n) is 3.81. The molecule has 0 fully saturated rings. The average Bonchev–Trinajstić information content (AvgIpc) is 2.71. The normalized spacial score (nSPS) is 13.3. The van der Waals surface area contributed by atoms with Crippen LogP contribution in [0.25, 0.3) is 5.57 Å². The first-order valence-corrected chi connectivity index (χ1v) is 13.0. The molecule has 26 heavy (non-hydrogen) atoms. The highest BCUT2D eigenvalue weighted by Gasteiger charge is 2.38. The van der Waals surface area contributed by atoms with Gasteiger partial charge in [0, 0.05) is 0 Å². The molecule has 1 aromatic carbocycles. The monoisotopic (exact) mass is 376 g/mol. The molecule has 1 rings (SSSR count). The second kappa shape index (κ2) is 11.1. The Balaban J connectivity index is 2.87. The average molecular weight is 377 g/mol. The molecule has 0 aliphatic carbocycles. The Hall–Kier alpha value is -0.903. The summed E-state index contributed by atoms with van der Waals surface area (Å²) in [5.74, 6) is 0. The van der Waals surface area contributed by atoms with E-state index in [0.717, 1.165) is 31.2 Å². The van der Waals surface area contributed by atoms with Gasteiger partial charge in [-0.2, -0.15) is 0 Å². The molecule has 0 spiro atoms. The van der Waals surface area contributed by atoms with Gasteiger partial charge in [0.05, 0.1) is 12.2 Å². The fourth-order valence-corrected chi connectivity index (χ4v) is 7.05. The third kappa shape index (κ3) is 6.07. The van der Waals surface area contributed by atoms with Crippen LogP contribution in [0.15, 0.2) is 30.3 Å². The van der Waals surface area contributed by atoms with E-state index in [9.17, 15) is 5.11 Å².